The predicted octanol–water partition coefficient (Wildman–Crippen LogP) is 3.63. The lowest BCUT2D eigenvalue weighted by Gasteiger charge is -2.34. The highest BCUT2D eigenvalue weighted by Gasteiger charge is 2.32. The number of aromatic nitrogens is 2. The van der Waals surface area contributed by atoms with Crippen molar-refractivity contribution < 1.29 is 0 Å². The van der Waals surface area contributed by atoms with Crippen molar-refractivity contribution in [2.45, 2.75) is 17.2 Å². The zero-order valence-corrected chi connectivity index (χ0v) is 12.3. The van der Waals surface area contributed by atoms with Crippen LogP contribution in [0, 0.1) is 0 Å². The van der Waals surface area contributed by atoms with Crippen molar-refractivity contribution in [2.75, 3.05) is 0 Å². The molecule has 2 N–H and O–H groups in total. The monoisotopic (exact) mass is 328 g/mol. The number of halogens is 1. The minimum atomic E-state index is -0.155. The molecule has 0 bridgehead atoms. The summed E-state index contributed by atoms with van der Waals surface area (Å²) in [6, 6.07) is 14.7. The zero-order valence-electron chi connectivity index (χ0n) is 10.7. The van der Waals surface area contributed by atoms with E-state index in [1.165, 1.54) is 16.7 Å². The molecule has 20 heavy (non-hydrogen) atoms. The first-order chi connectivity index (χ1) is 9.72. The summed E-state index contributed by atoms with van der Waals surface area (Å²) in [4.78, 5) is 17.2. The maximum Gasteiger partial charge on any atom is 0.323 e. The number of aromatic amines is 2. The summed E-state index contributed by atoms with van der Waals surface area (Å²) in [5.74, 6) is 0.509. The van der Waals surface area contributed by atoms with Gasteiger partial charge in [0, 0.05) is 10.7 Å². The number of hydrogen-bond acceptors (Lipinski definition) is 1. The molecule has 1 aliphatic rings. The normalized spacial score (nSPS) is 18.6. The summed E-state index contributed by atoms with van der Waals surface area (Å²) in [5, 5.41) is 0. The van der Waals surface area contributed by atoms with Gasteiger partial charge in [0.15, 0.2) is 0 Å². The molecule has 2 atom stereocenters. The smallest absolute Gasteiger partial charge is 0.306 e. The Morgan fingerprint density at radius 1 is 1.10 bits per heavy atom. The molecule has 0 radical (unpaired) electrons. The van der Waals surface area contributed by atoms with Gasteiger partial charge >= 0.3 is 5.69 Å². The van der Waals surface area contributed by atoms with Crippen LogP contribution in [0.3, 0.4) is 0 Å². The first-order valence-electron chi connectivity index (χ1n) is 6.66. The molecule has 0 fully saturated rings. The van der Waals surface area contributed by atoms with E-state index in [1.807, 2.05) is 12.1 Å². The standard InChI is InChI=1S/C16H13BrN2O/c17-15(12-7-9-3-1-2-4-11(9)12)10-5-6-13-14(8-10)19-16(20)18-13/h1-6,8,12,15H,7H2,(H2,18,19,20). The van der Waals surface area contributed by atoms with E-state index < -0.39 is 0 Å². The summed E-state index contributed by atoms with van der Waals surface area (Å²) in [6.45, 7) is 0. The van der Waals surface area contributed by atoms with E-state index in [0.29, 0.717) is 5.92 Å². The molecule has 3 aromatic rings. The Morgan fingerprint density at radius 3 is 2.75 bits per heavy atom. The Morgan fingerprint density at radius 2 is 1.90 bits per heavy atom. The van der Waals surface area contributed by atoms with Crippen LogP contribution in [0.4, 0.5) is 0 Å². The van der Waals surface area contributed by atoms with Gasteiger partial charge in [0.05, 0.1) is 11.0 Å². The number of imidazole rings is 1. The molecule has 1 aromatic heterocycles. The summed E-state index contributed by atoms with van der Waals surface area (Å²) < 4.78 is 0. The molecule has 4 heteroatoms. The fraction of sp³-hybridized carbons (Fsp3) is 0.188. The van der Waals surface area contributed by atoms with E-state index in [9.17, 15) is 4.79 Å². The Kier molecular flexibility index (Phi) is 2.60. The summed E-state index contributed by atoms with van der Waals surface area (Å²) >= 11 is 3.82. The van der Waals surface area contributed by atoms with E-state index in [2.05, 4.69) is 56.2 Å². The second-order valence-corrected chi connectivity index (χ2v) is 6.28. The van der Waals surface area contributed by atoms with Gasteiger partial charge in [0.25, 0.3) is 0 Å². The van der Waals surface area contributed by atoms with Crippen molar-refractivity contribution in [3.05, 3.63) is 69.6 Å². The molecular formula is C16H13BrN2O. The van der Waals surface area contributed by atoms with E-state index in [4.69, 9.17) is 0 Å². The van der Waals surface area contributed by atoms with Gasteiger partial charge in [-0.25, -0.2) is 4.79 Å². The Hall–Kier alpha value is -1.81. The van der Waals surface area contributed by atoms with Crippen LogP contribution in [0.15, 0.2) is 47.3 Å². The lowest BCUT2D eigenvalue weighted by atomic mass is 9.74. The maximum atomic E-state index is 11.3. The number of nitrogens with one attached hydrogen (secondary N) is 2. The van der Waals surface area contributed by atoms with Crippen LogP contribution in [-0.4, -0.2) is 9.97 Å². The Labute approximate surface area is 124 Å². The number of benzene rings is 2. The summed E-state index contributed by atoms with van der Waals surface area (Å²) in [7, 11) is 0. The molecule has 1 aliphatic carbocycles. The van der Waals surface area contributed by atoms with Crippen molar-refractivity contribution in [3.8, 4) is 0 Å². The summed E-state index contributed by atoms with van der Waals surface area (Å²) in [6.07, 6.45) is 1.10. The van der Waals surface area contributed by atoms with E-state index in [1.54, 1.807) is 0 Å². The van der Waals surface area contributed by atoms with Crippen LogP contribution in [0.5, 0.6) is 0 Å². The first kappa shape index (κ1) is 12.0. The number of hydrogen-bond donors (Lipinski definition) is 2. The molecule has 2 aromatic carbocycles. The molecule has 0 aliphatic heterocycles. The fourth-order valence-corrected chi connectivity index (χ4v) is 3.77. The predicted molar refractivity (Wildman–Crippen MR) is 83.5 cm³/mol. The molecule has 0 amide bonds. The molecular weight excluding hydrogens is 316 g/mol. The van der Waals surface area contributed by atoms with E-state index in [-0.39, 0.29) is 10.5 Å². The third-order valence-corrected chi connectivity index (χ3v) is 5.27. The van der Waals surface area contributed by atoms with Gasteiger partial charge in [-0.15, -0.1) is 0 Å². The highest BCUT2D eigenvalue weighted by atomic mass is 79.9. The van der Waals surface area contributed by atoms with Gasteiger partial charge in [-0.2, -0.15) is 0 Å². The third-order valence-electron chi connectivity index (χ3n) is 4.11. The minimum absolute atomic E-state index is 0.155. The molecule has 4 rings (SSSR count). The largest absolute Gasteiger partial charge is 0.323 e. The Bertz CT molecular complexity index is 849. The molecule has 0 spiro atoms. The van der Waals surface area contributed by atoms with Gasteiger partial charge in [0.1, 0.15) is 0 Å². The quantitative estimate of drug-likeness (QED) is 0.693. The van der Waals surface area contributed by atoms with Gasteiger partial charge in [-0.3, -0.25) is 0 Å². The van der Waals surface area contributed by atoms with Crippen molar-refractivity contribution in [2.24, 2.45) is 0 Å². The van der Waals surface area contributed by atoms with E-state index in [0.717, 1.165) is 17.5 Å². The lowest BCUT2D eigenvalue weighted by molar-refractivity contribution is 0.600. The zero-order chi connectivity index (χ0) is 13.7. The van der Waals surface area contributed by atoms with Crippen molar-refractivity contribution in [1.29, 1.82) is 0 Å². The number of fused-ring (bicyclic) bond motifs is 2. The number of rotatable bonds is 2. The van der Waals surface area contributed by atoms with Crippen LogP contribution >= 0.6 is 15.9 Å². The van der Waals surface area contributed by atoms with Crippen LogP contribution in [-0.2, 0) is 6.42 Å². The SMILES string of the molecule is O=c1[nH]c2ccc(C(Br)C3Cc4ccccc43)cc2[nH]1. The molecule has 0 saturated carbocycles. The van der Waals surface area contributed by atoms with Gasteiger partial charge in [-0.1, -0.05) is 46.3 Å². The molecule has 100 valence electrons. The third kappa shape index (κ3) is 1.75. The highest BCUT2D eigenvalue weighted by Crippen LogP contribution is 2.47. The van der Waals surface area contributed by atoms with Gasteiger partial charge in [-0.05, 0) is 35.2 Å². The molecule has 3 nitrogen and oxygen atoms in total. The van der Waals surface area contributed by atoms with Gasteiger partial charge in [0.2, 0.25) is 0 Å². The van der Waals surface area contributed by atoms with Crippen molar-refractivity contribution in [1.82, 2.24) is 9.97 Å². The number of H-pyrrole nitrogens is 2. The molecule has 2 unspecified atom stereocenters. The average molecular weight is 329 g/mol. The van der Waals surface area contributed by atoms with E-state index >= 15 is 0 Å². The van der Waals surface area contributed by atoms with Crippen LogP contribution in [0.25, 0.3) is 11.0 Å². The number of alkyl halides is 1. The molecule has 0 saturated heterocycles. The highest BCUT2D eigenvalue weighted by molar-refractivity contribution is 9.09. The Balaban J connectivity index is 1.71. The fourth-order valence-electron chi connectivity index (χ4n) is 3.01. The van der Waals surface area contributed by atoms with Crippen LogP contribution < -0.4 is 5.69 Å². The second kappa shape index (κ2) is 4.35. The minimum Gasteiger partial charge on any atom is -0.306 e. The summed E-state index contributed by atoms with van der Waals surface area (Å²) in [5.41, 5.74) is 5.64. The molecule has 1 heterocycles. The van der Waals surface area contributed by atoms with Gasteiger partial charge < -0.3 is 9.97 Å². The average Bonchev–Trinajstić information content (AvgIpc) is 2.79. The van der Waals surface area contributed by atoms with Crippen molar-refractivity contribution >= 4 is 27.0 Å². The van der Waals surface area contributed by atoms with Crippen LogP contribution in [0.2, 0.25) is 0 Å². The lowest BCUT2D eigenvalue weighted by Crippen LogP contribution is -2.20. The maximum absolute atomic E-state index is 11.3. The first-order valence-corrected chi connectivity index (χ1v) is 7.58. The topological polar surface area (TPSA) is 48.6 Å². The van der Waals surface area contributed by atoms with Crippen LogP contribution in [0.1, 0.15) is 27.4 Å². The van der Waals surface area contributed by atoms with Crippen molar-refractivity contribution in [3.63, 3.8) is 0 Å². The second-order valence-electron chi connectivity index (χ2n) is 5.30.